The molecule has 1 unspecified atom stereocenters. The molecule has 0 spiro atoms. The van der Waals surface area contributed by atoms with Crippen LogP contribution in [0.4, 0.5) is 0 Å². The van der Waals surface area contributed by atoms with Gasteiger partial charge in [-0.1, -0.05) is 23.7 Å². The lowest BCUT2D eigenvalue weighted by atomic mass is 10.1. The number of benzene rings is 2. The Morgan fingerprint density at radius 1 is 1.11 bits per heavy atom. The lowest BCUT2D eigenvalue weighted by Crippen LogP contribution is -2.50. The highest BCUT2D eigenvalue weighted by molar-refractivity contribution is 7.89. The number of nitrogens with zero attached hydrogens (tertiary/aromatic N) is 3. The van der Waals surface area contributed by atoms with Crippen LogP contribution in [0.1, 0.15) is 26.7 Å². The van der Waals surface area contributed by atoms with Gasteiger partial charge >= 0.3 is 0 Å². The average molecular weight is 521 g/mol. The fourth-order valence-electron chi connectivity index (χ4n) is 4.86. The molecule has 3 atom stereocenters. The maximum absolute atomic E-state index is 13.3. The van der Waals surface area contributed by atoms with Crippen LogP contribution < -0.4 is 5.32 Å². The number of likely N-dealkylation sites (tertiary alicyclic amines) is 2. The zero-order valence-corrected chi connectivity index (χ0v) is 21.5. The number of hydrogen-bond acceptors (Lipinski definition) is 5. The van der Waals surface area contributed by atoms with E-state index < -0.39 is 22.1 Å². The van der Waals surface area contributed by atoms with E-state index in [0.29, 0.717) is 31.0 Å². The first-order valence-electron chi connectivity index (χ1n) is 11.5. The Morgan fingerprint density at radius 2 is 1.80 bits per heavy atom. The summed E-state index contributed by atoms with van der Waals surface area (Å²) in [6, 6.07) is 8.27. The van der Waals surface area contributed by atoms with Gasteiger partial charge in [0.2, 0.25) is 27.7 Å². The highest BCUT2D eigenvalue weighted by Gasteiger charge is 2.44. The van der Waals surface area contributed by atoms with Crippen molar-refractivity contribution in [1.29, 1.82) is 0 Å². The van der Waals surface area contributed by atoms with Crippen LogP contribution in [0, 0.1) is 0 Å². The van der Waals surface area contributed by atoms with Crippen LogP contribution in [0.15, 0.2) is 41.3 Å². The molecule has 188 valence electrons. The number of nitrogens with one attached hydrogen (secondary N) is 1. The van der Waals surface area contributed by atoms with Crippen molar-refractivity contribution in [2.24, 2.45) is 0 Å². The molecule has 0 aromatic heterocycles. The van der Waals surface area contributed by atoms with Crippen molar-refractivity contribution in [2.75, 3.05) is 26.7 Å². The second kappa shape index (κ2) is 9.75. The highest BCUT2D eigenvalue weighted by Crippen LogP contribution is 2.28. The van der Waals surface area contributed by atoms with Crippen LogP contribution in [0.2, 0.25) is 5.02 Å². The van der Waals surface area contributed by atoms with Gasteiger partial charge in [0.15, 0.2) is 0 Å². The molecule has 0 saturated carbocycles. The van der Waals surface area contributed by atoms with Gasteiger partial charge in [-0.25, -0.2) is 8.42 Å². The third kappa shape index (κ3) is 5.00. The third-order valence-electron chi connectivity index (χ3n) is 6.83. The molecule has 1 N–H and O–H groups in total. The molecular formula is C24H29ClN4O5S. The molecule has 11 heteroatoms. The van der Waals surface area contributed by atoms with Gasteiger partial charge in [-0.15, -0.1) is 0 Å². The Kier molecular flexibility index (Phi) is 7.08. The smallest absolute Gasteiger partial charge is 0.245 e. The molecular weight excluding hydrogens is 492 g/mol. The SMILES string of the molecule is CC(=O)NC1CCN(C(=O)[C@@H](C)N2CC[C@H](N(C)S(=O)(=O)c3ccc4cc(Cl)ccc4c3)C2=O)C1. The summed E-state index contributed by atoms with van der Waals surface area (Å²) in [5, 5.41) is 4.92. The molecule has 2 fully saturated rings. The number of carbonyl (C=O) groups excluding carboxylic acids is 3. The number of likely N-dealkylation sites (N-methyl/N-ethyl adjacent to an activating group) is 1. The quantitative estimate of drug-likeness (QED) is 0.625. The van der Waals surface area contributed by atoms with E-state index in [1.165, 1.54) is 24.9 Å². The maximum Gasteiger partial charge on any atom is 0.245 e. The molecule has 3 amide bonds. The second-order valence-corrected chi connectivity index (χ2v) is 11.6. The zero-order chi connectivity index (χ0) is 25.5. The molecule has 4 rings (SSSR count). The molecule has 2 aromatic rings. The van der Waals surface area contributed by atoms with Crippen molar-refractivity contribution in [3.05, 3.63) is 41.4 Å². The van der Waals surface area contributed by atoms with Gasteiger partial charge in [-0.05, 0) is 54.8 Å². The minimum Gasteiger partial charge on any atom is -0.352 e. The molecule has 2 aliphatic heterocycles. The topological polar surface area (TPSA) is 107 Å². The predicted octanol–water partition coefficient (Wildman–Crippen LogP) is 1.84. The van der Waals surface area contributed by atoms with Crippen molar-refractivity contribution in [3.8, 4) is 0 Å². The van der Waals surface area contributed by atoms with Crippen LogP contribution >= 0.6 is 11.6 Å². The maximum atomic E-state index is 13.3. The Balaban J connectivity index is 1.46. The van der Waals surface area contributed by atoms with E-state index in [9.17, 15) is 22.8 Å². The van der Waals surface area contributed by atoms with E-state index >= 15 is 0 Å². The lowest BCUT2D eigenvalue weighted by Gasteiger charge is -2.29. The van der Waals surface area contributed by atoms with Gasteiger partial charge in [-0.2, -0.15) is 4.31 Å². The van der Waals surface area contributed by atoms with E-state index in [2.05, 4.69) is 5.32 Å². The summed E-state index contributed by atoms with van der Waals surface area (Å²) >= 11 is 6.02. The summed E-state index contributed by atoms with van der Waals surface area (Å²) in [5.74, 6) is -0.734. The van der Waals surface area contributed by atoms with Crippen molar-refractivity contribution >= 4 is 50.1 Å². The Labute approximate surface area is 210 Å². The van der Waals surface area contributed by atoms with Gasteiger partial charge in [0.1, 0.15) is 12.1 Å². The van der Waals surface area contributed by atoms with Gasteiger partial charge in [0, 0.05) is 44.7 Å². The zero-order valence-electron chi connectivity index (χ0n) is 19.9. The Hall–Kier alpha value is -2.69. The summed E-state index contributed by atoms with van der Waals surface area (Å²) in [5.41, 5.74) is 0. The van der Waals surface area contributed by atoms with Gasteiger partial charge in [0.05, 0.1) is 4.90 Å². The molecule has 2 aliphatic rings. The highest BCUT2D eigenvalue weighted by atomic mass is 35.5. The van der Waals surface area contributed by atoms with Crippen molar-refractivity contribution in [2.45, 2.75) is 49.7 Å². The summed E-state index contributed by atoms with van der Waals surface area (Å²) in [6.45, 7) is 4.29. The van der Waals surface area contributed by atoms with Crippen LogP contribution in [0.3, 0.4) is 0 Å². The van der Waals surface area contributed by atoms with E-state index in [-0.39, 0.29) is 35.2 Å². The summed E-state index contributed by atoms with van der Waals surface area (Å²) < 4.78 is 27.8. The van der Waals surface area contributed by atoms with Crippen molar-refractivity contribution in [3.63, 3.8) is 0 Å². The number of fused-ring (bicyclic) bond motifs is 1. The summed E-state index contributed by atoms with van der Waals surface area (Å²) in [7, 11) is -2.54. The third-order valence-corrected chi connectivity index (χ3v) is 8.93. The molecule has 9 nitrogen and oxygen atoms in total. The largest absolute Gasteiger partial charge is 0.352 e. The van der Waals surface area contributed by atoms with E-state index in [0.717, 1.165) is 15.1 Å². The minimum atomic E-state index is -3.94. The Morgan fingerprint density at radius 3 is 2.51 bits per heavy atom. The predicted molar refractivity (Wildman–Crippen MR) is 132 cm³/mol. The van der Waals surface area contributed by atoms with Crippen LogP contribution in [-0.4, -0.2) is 85.1 Å². The van der Waals surface area contributed by atoms with E-state index in [1.807, 2.05) is 0 Å². The monoisotopic (exact) mass is 520 g/mol. The van der Waals surface area contributed by atoms with Gasteiger partial charge < -0.3 is 15.1 Å². The first kappa shape index (κ1) is 25.4. The standard InChI is InChI=1S/C24H29ClN4O5S/c1-15(23(31)28-10-8-20(14-28)26-16(2)30)29-11-9-22(24(29)32)27(3)35(33,34)21-7-5-17-12-19(25)6-4-18(17)13-21/h4-7,12-13,15,20,22H,8-11,14H2,1-3H3,(H,26,30)/t15-,20?,22+/m1/s1. The average Bonchev–Trinajstić information content (AvgIpc) is 3.43. The molecule has 35 heavy (non-hydrogen) atoms. The summed E-state index contributed by atoms with van der Waals surface area (Å²) in [6.07, 6.45) is 0.956. The van der Waals surface area contributed by atoms with Crippen molar-refractivity contribution < 1.29 is 22.8 Å². The minimum absolute atomic E-state index is 0.0891. The number of rotatable bonds is 6. The lowest BCUT2D eigenvalue weighted by molar-refractivity contribution is -0.143. The second-order valence-electron chi connectivity index (χ2n) is 9.16. The number of sulfonamides is 1. The molecule has 0 aliphatic carbocycles. The van der Waals surface area contributed by atoms with Crippen LogP contribution in [-0.2, 0) is 24.4 Å². The first-order valence-corrected chi connectivity index (χ1v) is 13.3. The fraction of sp³-hybridized carbons (Fsp3) is 0.458. The number of hydrogen-bond donors (Lipinski definition) is 1. The van der Waals surface area contributed by atoms with Crippen LogP contribution in [0.5, 0.6) is 0 Å². The van der Waals surface area contributed by atoms with E-state index in [1.54, 1.807) is 42.2 Å². The first-order chi connectivity index (χ1) is 16.5. The fourth-order valence-corrected chi connectivity index (χ4v) is 6.42. The number of halogens is 1. The number of amides is 3. The molecule has 0 bridgehead atoms. The van der Waals surface area contributed by atoms with Gasteiger partial charge in [0.25, 0.3) is 0 Å². The molecule has 2 saturated heterocycles. The molecule has 2 aromatic carbocycles. The summed E-state index contributed by atoms with van der Waals surface area (Å²) in [4.78, 5) is 40.7. The van der Waals surface area contributed by atoms with Crippen LogP contribution in [0.25, 0.3) is 10.8 Å². The van der Waals surface area contributed by atoms with Crippen molar-refractivity contribution in [1.82, 2.24) is 19.4 Å². The van der Waals surface area contributed by atoms with Gasteiger partial charge in [-0.3, -0.25) is 14.4 Å². The number of carbonyl (C=O) groups is 3. The molecule has 2 heterocycles. The van der Waals surface area contributed by atoms with E-state index in [4.69, 9.17) is 11.6 Å². The normalized spacial score (nSPS) is 21.7. The Bertz CT molecular complexity index is 1280. The molecule has 0 radical (unpaired) electrons.